The van der Waals surface area contributed by atoms with Gasteiger partial charge in [-0.3, -0.25) is 9.20 Å². The lowest BCUT2D eigenvalue weighted by Crippen LogP contribution is -2.18. The van der Waals surface area contributed by atoms with E-state index < -0.39 is 0 Å². The van der Waals surface area contributed by atoms with E-state index in [1.807, 2.05) is 48.5 Å². The van der Waals surface area contributed by atoms with Gasteiger partial charge in [0.1, 0.15) is 5.75 Å². The number of pyridine rings is 1. The number of nitrogens with zero attached hydrogens (tertiary/aromatic N) is 2. The molecule has 0 amide bonds. The molecule has 0 radical (unpaired) electrons. The third-order valence-corrected chi connectivity index (χ3v) is 6.69. The number of hydrogen-bond acceptors (Lipinski definition) is 5. The number of para-hydroxylation sites is 2. The molecule has 3 heterocycles. The predicted octanol–water partition coefficient (Wildman–Crippen LogP) is 5.53. The first-order valence-corrected chi connectivity index (χ1v) is 10.5. The van der Waals surface area contributed by atoms with E-state index in [4.69, 9.17) is 9.72 Å². The zero-order valence-electron chi connectivity index (χ0n) is 16.4. The number of aromatic nitrogens is 2. The molecule has 0 saturated carbocycles. The molecule has 6 rings (SSSR count). The van der Waals surface area contributed by atoms with Crippen LogP contribution < -0.4 is 15.6 Å². The molecule has 6 heteroatoms. The van der Waals surface area contributed by atoms with Crippen LogP contribution in [0.4, 0.5) is 11.4 Å². The van der Waals surface area contributed by atoms with E-state index in [1.54, 1.807) is 23.3 Å². The summed E-state index contributed by atoms with van der Waals surface area (Å²) in [5.41, 5.74) is 5.17. The van der Waals surface area contributed by atoms with Gasteiger partial charge < -0.3 is 10.1 Å². The number of methoxy groups -OCH3 is 1. The quantitative estimate of drug-likeness (QED) is 0.285. The van der Waals surface area contributed by atoms with Gasteiger partial charge in [-0.2, -0.15) is 0 Å². The summed E-state index contributed by atoms with van der Waals surface area (Å²) in [6.45, 7) is 2.06. The van der Waals surface area contributed by atoms with Crippen LogP contribution in [0.3, 0.4) is 0 Å². The van der Waals surface area contributed by atoms with Crippen molar-refractivity contribution in [1.29, 1.82) is 0 Å². The minimum atomic E-state index is -0.0516. The number of fused-ring (bicyclic) bond motifs is 8. The van der Waals surface area contributed by atoms with Crippen LogP contribution in [-0.2, 0) is 0 Å². The van der Waals surface area contributed by atoms with Gasteiger partial charge >= 0.3 is 0 Å². The molecule has 0 unspecified atom stereocenters. The number of ether oxygens (including phenoxy) is 1. The number of aryl methyl sites for hydroxylation is 1. The Morgan fingerprint density at radius 2 is 1.87 bits per heavy atom. The fraction of sp³-hybridized carbons (Fsp3) is 0.0833. The summed E-state index contributed by atoms with van der Waals surface area (Å²) in [5.74, 6) is 0.787. The molecule has 0 spiro atoms. The van der Waals surface area contributed by atoms with Gasteiger partial charge in [-0.25, -0.2) is 4.98 Å². The number of hydrogen-bond donors (Lipinski definition) is 1. The molecule has 0 atom stereocenters. The predicted molar refractivity (Wildman–Crippen MR) is 122 cm³/mol. The topological polar surface area (TPSA) is 55.6 Å². The molecule has 0 saturated heterocycles. The number of nitrogens with one attached hydrogen (secondary N) is 1. The summed E-state index contributed by atoms with van der Waals surface area (Å²) in [4.78, 5) is 20.4. The van der Waals surface area contributed by atoms with Crippen LogP contribution in [0.15, 0.2) is 75.2 Å². The lowest BCUT2D eigenvalue weighted by atomic mass is 10.1. The molecule has 0 aliphatic carbocycles. The van der Waals surface area contributed by atoms with E-state index in [1.165, 1.54) is 0 Å². The molecule has 146 valence electrons. The molecular weight excluding hydrogens is 394 g/mol. The molecule has 30 heavy (non-hydrogen) atoms. The maximum atomic E-state index is 13.5. The largest absolute Gasteiger partial charge is 0.495 e. The summed E-state index contributed by atoms with van der Waals surface area (Å²) in [5, 5.41) is 5.19. The van der Waals surface area contributed by atoms with Gasteiger partial charge in [0.15, 0.2) is 5.65 Å². The number of rotatable bonds is 1. The molecule has 3 aromatic carbocycles. The van der Waals surface area contributed by atoms with Crippen LogP contribution in [0, 0.1) is 6.92 Å². The van der Waals surface area contributed by atoms with E-state index in [0.29, 0.717) is 16.6 Å². The molecule has 5 nitrogen and oxygen atoms in total. The van der Waals surface area contributed by atoms with Crippen molar-refractivity contribution < 1.29 is 4.74 Å². The van der Waals surface area contributed by atoms with Crippen molar-refractivity contribution in [2.24, 2.45) is 0 Å². The highest BCUT2D eigenvalue weighted by Crippen LogP contribution is 2.51. The van der Waals surface area contributed by atoms with Gasteiger partial charge in [-0.05, 0) is 43.3 Å². The van der Waals surface area contributed by atoms with Crippen LogP contribution >= 0.6 is 11.8 Å². The fourth-order valence-corrected chi connectivity index (χ4v) is 5.24. The lowest BCUT2D eigenvalue weighted by molar-refractivity contribution is 0.416. The van der Waals surface area contributed by atoms with Crippen molar-refractivity contribution in [3.05, 3.63) is 76.6 Å². The van der Waals surface area contributed by atoms with Gasteiger partial charge in [0.05, 0.1) is 39.8 Å². The second-order valence-electron chi connectivity index (χ2n) is 7.38. The van der Waals surface area contributed by atoms with Crippen LogP contribution in [0.2, 0.25) is 0 Å². The first kappa shape index (κ1) is 17.4. The van der Waals surface area contributed by atoms with Crippen LogP contribution in [0.25, 0.3) is 27.5 Å². The van der Waals surface area contributed by atoms with Crippen LogP contribution in [-0.4, -0.2) is 16.5 Å². The second kappa shape index (κ2) is 6.24. The van der Waals surface area contributed by atoms with Gasteiger partial charge in [0, 0.05) is 10.3 Å². The molecule has 5 aromatic rings. The van der Waals surface area contributed by atoms with E-state index >= 15 is 0 Å². The molecule has 0 bridgehead atoms. The van der Waals surface area contributed by atoms with Crippen molar-refractivity contribution in [2.75, 3.05) is 12.4 Å². The Hall–Kier alpha value is -3.51. The monoisotopic (exact) mass is 411 g/mol. The second-order valence-corrected chi connectivity index (χ2v) is 8.43. The van der Waals surface area contributed by atoms with Crippen molar-refractivity contribution in [3.8, 4) is 5.75 Å². The van der Waals surface area contributed by atoms with Crippen molar-refractivity contribution >= 4 is 50.6 Å². The normalized spacial score (nSPS) is 12.6. The highest BCUT2D eigenvalue weighted by atomic mass is 32.2. The standard InChI is InChI=1S/C24H17N3O2S/c1-13-10-11-17-15(12-13)20-22(30-19-9-5-8-18(29-2)21(19)26-20)23-25-16-7-4-3-6-14(16)24(28)27(17)23/h3-12,26H,1-2H3. The molecule has 1 aliphatic rings. The summed E-state index contributed by atoms with van der Waals surface area (Å²) in [6, 6.07) is 19.6. The van der Waals surface area contributed by atoms with E-state index in [2.05, 4.69) is 24.4 Å². The molecule has 1 aliphatic heterocycles. The maximum absolute atomic E-state index is 13.5. The third-order valence-electron chi connectivity index (χ3n) is 5.54. The number of benzene rings is 3. The van der Waals surface area contributed by atoms with Crippen molar-refractivity contribution in [3.63, 3.8) is 0 Å². The van der Waals surface area contributed by atoms with Gasteiger partial charge in [-0.1, -0.05) is 41.6 Å². The summed E-state index contributed by atoms with van der Waals surface area (Å²) >= 11 is 1.61. The fourth-order valence-electron chi connectivity index (χ4n) is 4.13. The summed E-state index contributed by atoms with van der Waals surface area (Å²) in [6.07, 6.45) is 0. The first-order chi connectivity index (χ1) is 14.7. The smallest absolute Gasteiger partial charge is 0.266 e. The van der Waals surface area contributed by atoms with Crippen LogP contribution in [0.5, 0.6) is 5.75 Å². The zero-order chi connectivity index (χ0) is 20.4. The van der Waals surface area contributed by atoms with Gasteiger partial charge in [0.25, 0.3) is 5.56 Å². The average Bonchev–Trinajstić information content (AvgIpc) is 2.78. The van der Waals surface area contributed by atoms with Gasteiger partial charge in [-0.15, -0.1) is 0 Å². The van der Waals surface area contributed by atoms with Gasteiger partial charge in [0.2, 0.25) is 0 Å². The first-order valence-electron chi connectivity index (χ1n) is 9.65. The van der Waals surface area contributed by atoms with Crippen molar-refractivity contribution in [1.82, 2.24) is 9.38 Å². The summed E-state index contributed by atoms with van der Waals surface area (Å²) < 4.78 is 7.33. The lowest BCUT2D eigenvalue weighted by Gasteiger charge is -2.25. The highest BCUT2D eigenvalue weighted by molar-refractivity contribution is 8.00. The molecule has 0 fully saturated rings. The molecular formula is C24H17N3O2S. The molecule has 2 aromatic heterocycles. The highest BCUT2D eigenvalue weighted by Gasteiger charge is 2.26. The Morgan fingerprint density at radius 1 is 1.00 bits per heavy atom. The summed E-state index contributed by atoms with van der Waals surface area (Å²) in [7, 11) is 1.67. The Bertz CT molecular complexity index is 1570. The third kappa shape index (κ3) is 2.31. The average molecular weight is 411 g/mol. The number of anilines is 2. The van der Waals surface area contributed by atoms with E-state index in [-0.39, 0.29) is 5.56 Å². The van der Waals surface area contributed by atoms with Crippen molar-refractivity contribution in [2.45, 2.75) is 16.7 Å². The minimum absolute atomic E-state index is 0.0516. The maximum Gasteiger partial charge on any atom is 0.266 e. The Morgan fingerprint density at radius 3 is 2.73 bits per heavy atom. The Labute approximate surface area is 176 Å². The van der Waals surface area contributed by atoms with E-state index in [0.717, 1.165) is 43.4 Å². The zero-order valence-corrected chi connectivity index (χ0v) is 17.2. The Balaban J connectivity index is 1.81. The minimum Gasteiger partial charge on any atom is -0.495 e. The Kier molecular flexibility index (Phi) is 3.61. The SMILES string of the molecule is COc1cccc2c1Nc1c(c3nc4ccccc4c(=O)n3c3ccc(C)cc13)S2. The van der Waals surface area contributed by atoms with E-state index in [9.17, 15) is 4.79 Å². The van der Waals surface area contributed by atoms with Crippen LogP contribution in [0.1, 0.15) is 5.56 Å². The molecule has 1 N–H and O–H groups in total.